The summed E-state index contributed by atoms with van der Waals surface area (Å²) in [5, 5.41) is 12.4. The molecule has 0 bridgehead atoms. The SMILES string of the molecule is C/C(=N\S(=O)(=O)c1ccc(C)cc1)Nc1ccc(O)c(C)c1. The number of aryl methyl sites for hydroxylation is 2. The number of hydrogen-bond donors (Lipinski definition) is 2. The van der Waals surface area contributed by atoms with E-state index in [4.69, 9.17) is 0 Å². The van der Waals surface area contributed by atoms with Crippen molar-refractivity contribution in [2.75, 3.05) is 5.32 Å². The lowest BCUT2D eigenvalue weighted by molar-refractivity contribution is 0.471. The highest BCUT2D eigenvalue weighted by Gasteiger charge is 2.12. The van der Waals surface area contributed by atoms with Crippen LogP contribution >= 0.6 is 0 Å². The number of sulfonamides is 1. The highest BCUT2D eigenvalue weighted by atomic mass is 32.2. The molecule has 6 heteroatoms. The molecule has 0 amide bonds. The maximum Gasteiger partial charge on any atom is 0.283 e. The van der Waals surface area contributed by atoms with Crippen LogP contribution in [0.15, 0.2) is 51.8 Å². The molecule has 2 aromatic rings. The second kappa shape index (κ2) is 6.19. The summed E-state index contributed by atoms with van der Waals surface area (Å²) in [6.07, 6.45) is 0. The van der Waals surface area contributed by atoms with E-state index in [1.54, 1.807) is 44.2 Å². The number of amidine groups is 1. The molecule has 5 nitrogen and oxygen atoms in total. The predicted molar refractivity (Wildman–Crippen MR) is 87.9 cm³/mol. The average Bonchev–Trinajstić information content (AvgIpc) is 2.42. The van der Waals surface area contributed by atoms with Gasteiger partial charge in [-0.25, -0.2) is 0 Å². The minimum absolute atomic E-state index is 0.154. The Morgan fingerprint density at radius 3 is 2.32 bits per heavy atom. The lowest BCUT2D eigenvalue weighted by Crippen LogP contribution is -2.11. The van der Waals surface area contributed by atoms with Crippen LogP contribution in [0.2, 0.25) is 0 Å². The van der Waals surface area contributed by atoms with Gasteiger partial charge in [-0.05, 0) is 56.7 Å². The summed E-state index contributed by atoms with van der Waals surface area (Å²) in [5.74, 6) is 0.443. The Kier molecular flexibility index (Phi) is 4.51. The highest BCUT2D eigenvalue weighted by Crippen LogP contribution is 2.20. The quantitative estimate of drug-likeness (QED) is 0.517. The molecule has 2 rings (SSSR count). The standard InChI is InChI=1S/C16H18N2O3S/c1-11-4-7-15(8-5-11)22(20,21)18-13(3)17-14-6-9-16(19)12(2)10-14/h4-10,19H,1-3H3,(H,17,18). The van der Waals surface area contributed by atoms with Crippen molar-refractivity contribution in [3.63, 3.8) is 0 Å². The summed E-state index contributed by atoms with van der Waals surface area (Å²) < 4.78 is 28.2. The van der Waals surface area contributed by atoms with Gasteiger partial charge in [-0.1, -0.05) is 17.7 Å². The molecule has 0 saturated carbocycles. The molecule has 2 aromatic carbocycles. The third-order valence-corrected chi connectivity index (χ3v) is 4.48. The van der Waals surface area contributed by atoms with Gasteiger partial charge in [0.15, 0.2) is 0 Å². The van der Waals surface area contributed by atoms with Gasteiger partial charge in [0, 0.05) is 5.69 Å². The van der Waals surface area contributed by atoms with Gasteiger partial charge in [0.25, 0.3) is 10.0 Å². The number of nitrogens with zero attached hydrogens (tertiary/aromatic N) is 1. The van der Waals surface area contributed by atoms with Crippen LogP contribution < -0.4 is 5.32 Å². The number of benzene rings is 2. The van der Waals surface area contributed by atoms with Crippen molar-refractivity contribution in [3.8, 4) is 5.75 Å². The maximum absolute atomic E-state index is 12.2. The topological polar surface area (TPSA) is 78.8 Å². The van der Waals surface area contributed by atoms with Crippen LogP contribution in [0.4, 0.5) is 5.69 Å². The molecule has 0 radical (unpaired) electrons. The fourth-order valence-electron chi connectivity index (χ4n) is 1.91. The lowest BCUT2D eigenvalue weighted by atomic mass is 10.2. The number of phenolic OH excluding ortho intramolecular Hbond substituents is 1. The summed E-state index contributed by atoms with van der Waals surface area (Å²) in [7, 11) is -3.74. The predicted octanol–water partition coefficient (Wildman–Crippen LogP) is 3.23. The lowest BCUT2D eigenvalue weighted by Gasteiger charge is -2.08. The van der Waals surface area contributed by atoms with Gasteiger partial charge in [0.1, 0.15) is 11.6 Å². The molecule has 0 spiro atoms. The van der Waals surface area contributed by atoms with Gasteiger partial charge in [-0.15, -0.1) is 4.40 Å². The maximum atomic E-state index is 12.2. The van der Waals surface area contributed by atoms with E-state index in [-0.39, 0.29) is 16.5 Å². The zero-order valence-electron chi connectivity index (χ0n) is 12.7. The van der Waals surface area contributed by atoms with E-state index in [2.05, 4.69) is 9.71 Å². The van der Waals surface area contributed by atoms with Gasteiger partial charge in [0.2, 0.25) is 0 Å². The van der Waals surface area contributed by atoms with Crippen LogP contribution in [0.3, 0.4) is 0 Å². The molecule has 22 heavy (non-hydrogen) atoms. The number of aromatic hydroxyl groups is 1. The van der Waals surface area contributed by atoms with Gasteiger partial charge < -0.3 is 10.4 Å². The summed E-state index contributed by atoms with van der Waals surface area (Å²) >= 11 is 0. The van der Waals surface area contributed by atoms with E-state index in [0.29, 0.717) is 11.3 Å². The Balaban J connectivity index is 2.23. The molecule has 0 aliphatic carbocycles. The first-order chi connectivity index (χ1) is 10.3. The van der Waals surface area contributed by atoms with Crippen molar-refractivity contribution in [3.05, 3.63) is 53.6 Å². The Hall–Kier alpha value is -2.34. The van der Waals surface area contributed by atoms with E-state index in [1.807, 2.05) is 6.92 Å². The first-order valence-electron chi connectivity index (χ1n) is 6.73. The molecular weight excluding hydrogens is 300 g/mol. The summed E-state index contributed by atoms with van der Waals surface area (Å²) in [4.78, 5) is 0.154. The van der Waals surface area contributed by atoms with Crippen LogP contribution in [0.5, 0.6) is 5.75 Å². The smallest absolute Gasteiger partial charge is 0.283 e. The van der Waals surface area contributed by atoms with Crippen molar-refractivity contribution in [1.29, 1.82) is 0 Å². The van der Waals surface area contributed by atoms with E-state index < -0.39 is 10.0 Å². The van der Waals surface area contributed by atoms with E-state index in [1.165, 1.54) is 12.1 Å². The molecule has 0 aliphatic rings. The molecule has 0 aromatic heterocycles. The minimum Gasteiger partial charge on any atom is -0.508 e. The Labute approximate surface area is 130 Å². The van der Waals surface area contributed by atoms with Gasteiger partial charge in [-0.2, -0.15) is 8.42 Å². The second-order valence-corrected chi connectivity index (χ2v) is 6.70. The van der Waals surface area contributed by atoms with Crippen LogP contribution in [-0.2, 0) is 10.0 Å². The summed E-state index contributed by atoms with van der Waals surface area (Å²) in [6.45, 7) is 5.23. The van der Waals surface area contributed by atoms with Crippen molar-refractivity contribution in [1.82, 2.24) is 0 Å². The monoisotopic (exact) mass is 318 g/mol. The van der Waals surface area contributed by atoms with Gasteiger partial charge in [0.05, 0.1) is 4.90 Å². The zero-order valence-corrected chi connectivity index (χ0v) is 13.5. The highest BCUT2D eigenvalue weighted by molar-refractivity contribution is 7.90. The normalized spacial score (nSPS) is 12.2. The number of nitrogens with one attached hydrogen (secondary N) is 1. The van der Waals surface area contributed by atoms with E-state index >= 15 is 0 Å². The Bertz CT molecular complexity index is 810. The van der Waals surface area contributed by atoms with Crippen molar-refractivity contribution < 1.29 is 13.5 Å². The number of phenols is 1. The molecule has 0 heterocycles. The first kappa shape index (κ1) is 16.0. The van der Waals surface area contributed by atoms with Crippen molar-refractivity contribution >= 4 is 21.5 Å². The number of rotatable bonds is 3. The van der Waals surface area contributed by atoms with Gasteiger partial charge in [-0.3, -0.25) is 0 Å². The minimum atomic E-state index is -3.74. The molecule has 0 aliphatic heterocycles. The first-order valence-corrected chi connectivity index (χ1v) is 8.17. The van der Waals surface area contributed by atoms with Crippen LogP contribution in [0.25, 0.3) is 0 Å². The largest absolute Gasteiger partial charge is 0.508 e. The number of anilines is 1. The van der Waals surface area contributed by atoms with E-state index in [0.717, 1.165) is 5.56 Å². The second-order valence-electron chi connectivity index (χ2n) is 5.09. The molecule has 0 fully saturated rings. The van der Waals surface area contributed by atoms with Crippen molar-refractivity contribution in [2.24, 2.45) is 4.40 Å². The molecule has 116 valence electrons. The van der Waals surface area contributed by atoms with E-state index in [9.17, 15) is 13.5 Å². The molecule has 2 N–H and O–H groups in total. The van der Waals surface area contributed by atoms with Crippen LogP contribution in [0, 0.1) is 13.8 Å². The number of hydrogen-bond acceptors (Lipinski definition) is 3. The van der Waals surface area contributed by atoms with Crippen LogP contribution in [0.1, 0.15) is 18.1 Å². The third-order valence-electron chi connectivity index (χ3n) is 3.10. The Morgan fingerprint density at radius 2 is 1.73 bits per heavy atom. The summed E-state index contributed by atoms with van der Waals surface area (Å²) in [5.41, 5.74) is 2.34. The van der Waals surface area contributed by atoms with Gasteiger partial charge >= 0.3 is 0 Å². The molecule has 0 unspecified atom stereocenters. The Morgan fingerprint density at radius 1 is 1.09 bits per heavy atom. The fourth-order valence-corrected chi connectivity index (χ4v) is 2.90. The zero-order chi connectivity index (χ0) is 16.3. The molecule has 0 atom stereocenters. The third kappa shape index (κ3) is 3.85. The molecule has 0 saturated heterocycles. The molecular formula is C16H18N2O3S. The van der Waals surface area contributed by atoms with Crippen LogP contribution in [-0.4, -0.2) is 19.4 Å². The fraction of sp³-hybridized carbons (Fsp3) is 0.188. The average molecular weight is 318 g/mol. The van der Waals surface area contributed by atoms with Crippen molar-refractivity contribution in [2.45, 2.75) is 25.7 Å². The summed E-state index contributed by atoms with van der Waals surface area (Å²) in [6, 6.07) is 11.4.